The van der Waals surface area contributed by atoms with Gasteiger partial charge in [0.15, 0.2) is 6.10 Å². The summed E-state index contributed by atoms with van der Waals surface area (Å²) in [4.78, 5) is 38.3. The SMILES string of the molecule is CCCCCC/C=C\C/C=C\CCCCCCCCCC(=O)OC(COC(=O)CCCCCCCCCCC/C=C\CCCCCCCC)COC(=O)CCCCCCCCCCCCCCCCC. The van der Waals surface area contributed by atoms with E-state index in [-0.39, 0.29) is 31.1 Å². The Kier molecular flexibility index (Phi) is 57.2. The third kappa shape index (κ3) is 56.5. The second-order valence-corrected chi connectivity index (χ2v) is 21.0. The smallest absolute Gasteiger partial charge is 0.306 e. The predicted molar refractivity (Wildman–Crippen MR) is 302 cm³/mol. The van der Waals surface area contributed by atoms with Gasteiger partial charge in [-0.2, -0.15) is 0 Å². The van der Waals surface area contributed by atoms with E-state index < -0.39 is 6.10 Å². The number of carbonyl (C=O) groups excluding carboxylic acids is 3. The lowest BCUT2D eigenvalue weighted by Gasteiger charge is -2.18. The van der Waals surface area contributed by atoms with E-state index in [4.69, 9.17) is 14.2 Å². The first-order valence-corrected chi connectivity index (χ1v) is 31.0. The molecule has 0 aromatic carbocycles. The van der Waals surface area contributed by atoms with Crippen molar-refractivity contribution in [2.24, 2.45) is 0 Å². The third-order valence-corrected chi connectivity index (χ3v) is 13.9. The van der Waals surface area contributed by atoms with Gasteiger partial charge < -0.3 is 14.2 Å². The Morgan fingerprint density at radius 3 is 0.814 bits per heavy atom. The summed E-state index contributed by atoms with van der Waals surface area (Å²) in [7, 11) is 0. The van der Waals surface area contributed by atoms with E-state index in [1.165, 1.54) is 225 Å². The zero-order valence-corrected chi connectivity index (χ0v) is 47.1. The van der Waals surface area contributed by atoms with Gasteiger partial charge in [0.25, 0.3) is 0 Å². The summed E-state index contributed by atoms with van der Waals surface area (Å²) in [6.45, 7) is 6.67. The van der Waals surface area contributed by atoms with Crippen molar-refractivity contribution in [1.29, 1.82) is 0 Å². The molecule has 1 unspecified atom stereocenters. The Labute approximate surface area is 435 Å². The highest BCUT2D eigenvalue weighted by Crippen LogP contribution is 2.17. The fraction of sp³-hybridized carbons (Fsp3) is 0.859. The van der Waals surface area contributed by atoms with Crippen LogP contribution in [0, 0.1) is 0 Å². The third-order valence-electron chi connectivity index (χ3n) is 13.9. The van der Waals surface area contributed by atoms with Gasteiger partial charge in [-0.25, -0.2) is 0 Å². The molecule has 0 saturated carbocycles. The van der Waals surface area contributed by atoms with E-state index in [2.05, 4.69) is 57.2 Å². The lowest BCUT2D eigenvalue weighted by atomic mass is 10.0. The highest BCUT2D eigenvalue weighted by molar-refractivity contribution is 5.71. The minimum Gasteiger partial charge on any atom is -0.462 e. The molecule has 0 fully saturated rings. The van der Waals surface area contributed by atoms with Gasteiger partial charge in [0.1, 0.15) is 13.2 Å². The number of unbranched alkanes of at least 4 members (excludes halogenated alkanes) is 40. The predicted octanol–water partition coefficient (Wildman–Crippen LogP) is 20.8. The first kappa shape index (κ1) is 67.6. The molecule has 0 amide bonds. The average Bonchev–Trinajstić information content (AvgIpc) is 3.36. The molecule has 0 aromatic heterocycles. The molecule has 0 rings (SSSR count). The van der Waals surface area contributed by atoms with Crippen molar-refractivity contribution in [2.45, 2.75) is 341 Å². The quantitative estimate of drug-likeness (QED) is 0.0261. The van der Waals surface area contributed by atoms with E-state index >= 15 is 0 Å². The van der Waals surface area contributed by atoms with Gasteiger partial charge in [0, 0.05) is 19.3 Å². The molecule has 0 aliphatic rings. The first-order valence-electron chi connectivity index (χ1n) is 31.0. The van der Waals surface area contributed by atoms with Crippen molar-refractivity contribution in [3.63, 3.8) is 0 Å². The minimum absolute atomic E-state index is 0.0719. The number of hydrogen-bond acceptors (Lipinski definition) is 6. The van der Waals surface area contributed by atoms with E-state index in [0.717, 1.165) is 70.6 Å². The summed E-state index contributed by atoms with van der Waals surface area (Å²) in [5.74, 6) is -0.860. The van der Waals surface area contributed by atoms with Crippen LogP contribution in [0.5, 0.6) is 0 Å². The van der Waals surface area contributed by atoms with Crippen molar-refractivity contribution in [3.05, 3.63) is 36.5 Å². The van der Waals surface area contributed by atoms with Gasteiger partial charge in [0.05, 0.1) is 0 Å². The first-order chi connectivity index (χ1) is 34.5. The summed E-state index contributed by atoms with van der Waals surface area (Å²) in [6.07, 6.45) is 71.3. The maximum Gasteiger partial charge on any atom is 0.306 e. The van der Waals surface area contributed by atoms with Crippen molar-refractivity contribution in [1.82, 2.24) is 0 Å². The molecular weight excluding hydrogens is 865 g/mol. The molecular formula is C64H118O6. The fourth-order valence-corrected chi connectivity index (χ4v) is 9.18. The summed E-state index contributed by atoms with van der Waals surface area (Å²) in [6, 6.07) is 0. The lowest BCUT2D eigenvalue weighted by molar-refractivity contribution is -0.167. The van der Waals surface area contributed by atoms with Crippen molar-refractivity contribution in [3.8, 4) is 0 Å². The van der Waals surface area contributed by atoms with E-state index in [1.807, 2.05) is 0 Å². The number of allylic oxidation sites excluding steroid dienone is 6. The Balaban J connectivity index is 4.34. The van der Waals surface area contributed by atoms with E-state index in [0.29, 0.717) is 19.3 Å². The molecule has 0 saturated heterocycles. The molecule has 6 nitrogen and oxygen atoms in total. The molecule has 410 valence electrons. The molecule has 1 atom stereocenters. The average molecular weight is 984 g/mol. The molecule has 0 N–H and O–H groups in total. The van der Waals surface area contributed by atoms with Crippen LogP contribution in [-0.2, 0) is 28.6 Å². The van der Waals surface area contributed by atoms with Crippen LogP contribution in [0.1, 0.15) is 335 Å². The fourth-order valence-electron chi connectivity index (χ4n) is 9.18. The highest BCUT2D eigenvalue weighted by atomic mass is 16.6. The van der Waals surface area contributed by atoms with Crippen LogP contribution in [0.4, 0.5) is 0 Å². The molecule has 0 aliphatic carbocycles. The zero-order valence-electron chi connectivity index (χ0n) is 47.1. The topological polar surface area (TPSA) is 78.9 Å². The zero-order chi connectivity index (χ0) is 50.7. The van der Waals surface area contributed by atoms with Crippen LogP contribution < -0.4 is 0 Å². The Bertz CT molecular complexity index is 1170. The van der Waals surface area contributed by atoms with Crippen LogP contribution >= 0.6 is 0 Å². The minimum atomic E-state index is -0.775. The summed E-state index contributed by atoms with van der Waals surface area (Å²) in [5.41, 5.74) is 0. The summed E-state index contributed by atoms with van der Waals surface area (Å²) in [5, 5.41) is 0. The van der Waals surface area contributed by atoms with E-state index in [9.17, 15) is 14.4 Å². The molecule has 0 aromatic rings. The van der Waals surface area contributed by atoms with E-state index in [1.54, 1.807) is 0 Å². The lowest BCUT2D eigenvalue weighted by Crippen LogP contribution is -2.30. The largest absolute Gasteiger partial charge is 0.462 e. The second-order valence-electron chi connectivity index (χ2n) is 21.0. The monoisotopic (exact) mass is 983 g/mol. The maximum absolute atomic E-state index is 12.9. The molecule has 0 aliphatic heterocycles. The summed E-state index contributed by atoms with van der Waals surface area (Å²) >= 11 is 0. The van der Waals surface area contributed by atoms with Crippen LogP contribution in [-0.4, -0.2) is 37.2 Å². The van der Waals surface area contributed by atoms with Gasteiger partial charge in [-0.05, 0) is 77.0 Å². The van der Waals surface area contributed by atoms with Gasteiger partial charge >= 0.3 is 17.9 Å². The van der Waals surface area contributed by atoms with Crippen molar-refractivity contribution >= 4 is 17.9 Å². The van der Waals surface area contributed by atoms with Crippen molar-refractivity contribution < 1.29 is 28.6 Å². The van der Waals surface area contributed by atoms with Crippen LogP contribution in [0.2, 0.25) is 0 Å². The van der Waals surface area contributed by atoms with Gasteiger partial charge in [0.2, 0.25) is 0 Å². The van der Waals surface area contributed by atoms with Gasteiger partial charge in [-0.15, -0.1) is 0 Å². The molecule has 0 radical (unpaired) electrons. The standard InChI is InChI=1S/C64H118O6/c1-4-7-10-13-16-19-22-25-28-30-32-34-36-39-42-45-48-51-54-57-63(66)69-60-61(59-68-62(65)56-53-50-47-44-41-38-35-27-24-21-18-15-12-9-6-3)70-64(67)58-55-52-49-46-43-40-37-33-31-29-26-23-20-17-14-11-8-5-2/h20,23,25,28-29,31,61H,4-19,21-22,24,26-27,30,32-60H2,1-3H3/b23-20-,28-25-,31-29-. The number of carbonyl (C=O) groups is 3. The van der Waals surface area contributed by atoms with Crippen LogP contribution in [0.25, 0.3) is 0 Å². The number of ether oxygens (including phenoxy) is 3. The van der Waals surface area contributed by atoms with Gasteiger partial charge in [-0.1, -0.05) is 276 Å². The molecule has 0 bridgehead atoms. The van der Waals surface area contributed by atoms with Crippen LogP contribution in [0.15, 0.2) is 36.5 Å². The Hall–Kier alpha value is -2.37. The van der Waals surface area contributed by atoms with Gasteiger partial charge in [-0.3, -0.25) is 14.4 Å². The molecule has 0 heterocycles. The number of hydrogen-bond donors (Lipinski definition) is 0. The van der Waals surface area contributed by atoms with Crippen molar-refractivity contribution in [2.75, 3.05) is 13.2 Å². The number of rotatable bonds is 57. The maximum atomic E-state index is 12.9. The Morgan fingerprint density at radius 2 is 0.514 bits per heavy atom. The van der Waals surface area contributed by atoms with Crippen LogP contribution in [0.3, 0.4) is 0 Å². The molecule has 6 heteroatoms. The second kappa shape index (κ2) is 59.2. The number of esters is 3. The summed E-state index contributed by atoms with van der Waals surface area (Å²) < 4.78 is 16.9. The molecule has 0 spiro atoms. The highest BCUT2D eigenvalue weighted by Gasteiger charge is 2.19. The molecule has 70 heavy (non-hydrogen) atoms. The normalized spacial score (nSPS) is 12.2. The Morgan fingerprint density at radius 1 is 0.286 bits per heavy atom.